The van der Waals surface area contributed by atoms with Crippen LogP contribution in [-0.4, -0.2) is 40.4 Å². The quantitative estimate of drug-likeness (QED) is 0.775. The molecule has 18 heavy (non-hydrogen) atoms. The van der Waals surface area contributed by atoms with Crippen molar-refractivity contribution in [1.82, 2.24) is 4.90 Å². The Morgan fingerprint density at radius 3 is 2.00 bits per heavy atom. The monoisotopic (exact) mass is 265 g/mol. The van der Waals surface area contributed by atoms with Crippen molar-refractivity contribution in [3.63, 3.8) is 0 Å². The van der Waals surface area contributed by atoms with Crippen LogP contribution in [0, 0.1) is 0 Å². The molecule has 1 aliphatic rings. The topological polar surface area (TPSA) is 23.5 Å². The predicted octanol–water partition coefficient (Wildman–Crippen LogP) is 3.12. The van der Waals surface area contributed by atoms with E-state index in [1.54, 1.807) is 0 Å². The van der Waals surface area contributed by atoms with Gasteiger partial charge in [-0.05, 0) is 33.6 Å². The summed E-state index contributed by atoms with van der Waals surface area (Å²) in [5, 5.41) is 10.2. The van der Waals surface area contributed by atoms with Crippen molar-refractivity contribution in [3.8, 4) is 0 Å². The van der Waals surface area contributed by atoms with Crippen molar-refractivity contribution in [3.05, 3.63) is 12.2 Å². The number of alkyl halides is 3. The maximum atomic E-state index is 12.4. The highest BCUT2D eigenvalue weighted by Gasteiger charge is 2.41. The SMILES string of the molecule is C=C(CC1(O)CCN(C(C)(C)C)CC1)C(F)(F)F. The standard InChI is InChI=1S/C13H22F3NO/c1-10(13(14,15)16)9-12(18)5-7-17(8-6-12)11(2,3)4/h18H,1,5-9H2,2-4H3. The molecule has 0 saturated carbocycles. The van der Waals surface area contributed by atoms with Crippen LogP contribution in [0.2, 0.25) is 0 Å². The van der Waals surface area contributed by atoms with Crippen molar-refractivity contribution in [2.45, 2.75) is 57.3 Å². The fraction of sp³-hybridized carbons (Fsp3) is 0.846. The van der Waals surface area contributed by atoms with Gasteiger partial charge in [0.2, 0.25) is 0 Å². The van der Waals surface area contributed by atoms with Crippen LogP contribution in [0.4, 0.5) is 13.2 Å². The number of rotatable bonds is 2. The Bertz CT molecular complexity index is 309. The van der Waals surface area contributed by atoms with E-state index in [1.807, 2.05) is 0 Å². The molecule has 0 amide bonds. The fourth-order valence-electron chi connectivity index (χ4n) is 2.27. The molecule has 1 fully saturated rings. The lowest BCUT2D eigenvalue weighted by molar-refractivity contribution is -0.108. The van der Waals surface area contributed by atoms with E-state index in [4.69, 9.17) is 0 Å². The molecule has 0 spiro atoms. The third kappa shape index (κ3) is 3.99. The summed E-state index contributed by atoms with van der Waals surface area (Å²) in [6, 6.07) is 0. The molecule has 1 heterocycles. The zero-order valence-corrected chi connectivity index (χ0v) is 11.3. The van der Waals surface area contributed by atoms with Crippen LogP contribution in [0.25, 0.3) is 0 Å². The second-order valence-electron chi connectivity index (χ2n) is 6.16. The van der Waals surface area contributed by atoms with Crippen molar-refractivity contribution >= 4 is 0 Å². The molecule has 1 saturated heterocycles. The van der Waals surface area contributed by atoms with Gasteiger partial charge in [0.05, 0.1) is 5.60 Å². The number of likely N-dealkylation sites (tertiary alicyclic amines) is 1. The van der Waals surface area contributed by atoms with Gasteiger partial charge in [0.15, 0.2) is 0 Å². The average Bonchev–Trinajstić information content (AvgIpc) is 2.14. The minimum Gasteiger partial charge on any atom is -0.389 e. The number of hydrogen-bond donors (Lipinski definition) is 1. The Balaban J connectivity index is 2.58. The molecule has 0 aromatic heterocycles. The summed E-state index contributed by atoms with van der Waals surface area (Å²) >= 11 is 0. The van der Waals surface area contributed by atoms with E-state index < -0.39 is 17.4 Å². The molecule has 0 aromatic carbocycles. The average molecular weight is 265 g/mol. The molecular formula is C13H22F3NO. The number of aliphatic hydroxyl groups is 1. The van der Waals surface area contributed by atoms with Gasteiger partial charge in [-0.25, -0.2) is 0 Å². The van der Waals surface area contributed by atoms with E-state index in [-0.39, 0.29) is 12.0 Å². The fourth-order valence-corrected chi connectivity index (χ4v) is 2.27. The maximum absolute atomic E-state index is 12.4. The Labute approximate surface area is 106 Å². The summed E-state index contributed by atoms with van der Waals surface area (Å²) in [5.41, 5.74) is -2.11. The van der Waals surface area contributed by atoms with Gasteiger partial charge < -0.3 is 5.11 Å². The highest BCUT2D eigenvalue weighted by atomic mass is 19.4. The summed E-state index contributed by atoms with van der Waals surface area (Å²) in [6.45, 7) is 10.5. The minimum absolute atomic E-state index is 0.0115. The molecule has 1 rings (SSSR count). The zero-order chi connectivity index (χ0) is 14.2. The minimum atomic E-state index is -4.41. The number of nitrogens with zero attached hydrogens (tertiary/aromatic N) is 1. The molecule has 0 aromatic rings. The molecule has 0 aliphatic carbocycles. The molecular weight excluding hydrogens is 243 g/mol. The van der Waals surface area contributed by atoms with Crippen molar-refractivity contribution in [2.24, 2.45) is 0 Å². The van der Waals surface area contributed by atoms with E-state index in [1.165, 1.54) is 0 Å². The summed E-state index contributed by atoms with van der Waals surface area (Å²) in [5.74, 6) is 0. The van der Waals surface area contributed by atoms with E-state index in [0.29, 0.717) is 25.9 Å². The number of hydrogen-bond acceptors (Lipinski definition) is 2. The number of piperidine rings is 1. The smallest absolute Gasteiger partial charge is 0.389 e. The molecule has 1 aliphatic heterocycles. The summed E-state index contributed by atoms with van der Waals surface area (Å²) in [7, 11) is 0. The Hall–Kier alpha value is -0.550. The second kappa shape index (κ2) is 4.85. The van der Waals surface area contributed by atoms with Gasteiger partial charge in [-0.15, -0.1) is 0 Å². The summed E-state index contributed by atoms with van der Waals surface area (Å²) < 4.78 is 37.3. The Morgan fingerprint density at radius 2 is 1.67 bits per heavy atom. The lowest BCUT2D eigenvalue weighted by atomic mass is 9.84. The van der Waals surface area contributed by atoms with Crippen LogP contribution in [0.1, 0.15) is 40.0 Å². The van der Waals surface area contributed by atoms with Crippen LogP contribution in [0.3, 0.4) is 0 Å². The van der Waals surface area contributed by atoms with Gasteiger partial charge in [-0.2, -0.15) is 13.2 Å². The largest absolute Gasteiger partial charge is 0.412 e. The van der Waals surface area contributed by atoms with Gasteiger partial charge >= 0.3 is 6.18 Å². The molecule has 0 unspecified atom stereocenters. The highest BCUT2D eigenvalue weighted by Crippen LogP contribution is 2.36. The summed E-state index contributed by atoms with van der Waals surface area (Å²) in [4.78, 5) is 2.18. The molecule has 1 N–H and O–H groups in total. The van der Waals surface area contributed by atoms with Crippen LogP contribution in [0.15, 0.2) is 12.2 Å². The van der Waals surface area contributed by atoms with E-state index in [0.717, 1.165) is 0 Å². The molecule has 0 bridgehead atoms. The third-order valence-corrected chi connectivity index (χ3v) is 3.59. The first-order chi connectivity index (χ1) is 7.94. The Kier molecular flexibility index (Phi) is 4.18. The van der Waals surface area contributed by atoms with Gasteiger partial charge in [-0.1, -0.05) is 6.58 Å². The van der Waals surface area contributed by atoms with Crippen LogP contribution in [-0.2, 0) is 0 Å². The molecule has 0 atom stereocenters. The zero-order valence-electron chi connectivity index (χ0n) is 11.3. The lowest BCUT2D eigenvalue weighted by Gasteiger charge is -2.44. The normalized spacial score (nSPS) is 21.9. The first-order valence-electron chi connectivity index (χ1n) is 6.16. The first kappa shape index (κ1) is 15.5. The molecule has 2 nitrogen and oxygen atoms in total. The molecule has 0 radical (unpaired) electrons. The summed E-state index contributed by atoms with van der Waals surface area (Å²) in [6.07, 6.45) is -4.07. The lowest BCUT2D eigenvalue weighted by Crippen LogP contribution is -2.51. The van der Waals surface area contributed by atoms with Crippen LogP contribution >= 0.6 is 0 Å². The van der Waals surface area contributed by atoms with E-state index >= 15 is 0 Å². The third-order valence-electron chi connectivity index (χ3n) is 3.59. The van der Waals surface area contributed by atoms with Crippen molar-refractivity contribution < 1.29 is 18.3 Å². The first-order valence-corrected chi connectivity index (χ1v) is 6.16. The van der Waals surface area contributed by atoms with Gasteiger partial charge in [-0.3, -0.25) is 4.90 Å². The molecule has 106 valence electrons. The van der Waals surface area contributed by atoms with E-state index in [2.05, 4.69) is 32.3 Å². The van der Waals surface area contributed by atoms with E-state index in [9.17, 15) is 18.3 Å². The maximum Gasteiger partial charge on any atom is 0.412 e. The second-order valence-corrected chi connectivity index (χ2v) is 6.16. The highest BCUT2D eigenvalue weighted by molar-refractivity contribution is 5.08. The van der Waals surface area contributed by atoms with Crippen molar-refractivity contribution in [2.75, 3.05) is 13.1 Å². The predicted molar refractivity (Wildman–Crippen MR) is 65.3 cm³/mol. The van der Waals surface area contributed by atoms with Crippen LogP contribution < -0.4 is 0 Å². The van der Waals surface area contributed by atoms with Gasteiger partial charge in [0, 0.05) is 30.6 Å². The molecule has 5 heteroatoms. The number of halogens is 3. The van der Waals surface area contributed by atoms with Gasteiger partial charge in [0.1, 0.15) is 0 Å². The Morgan fingerprint density at radius 1 is 1.22 bits per heavy atom. The van der Waals surface area contributed by atoms with Gasteiger partial charge in [0.25, 0.3) is 0 Å². The van der Waals surface area contributed by atoms with Crippen molar-refractivity contribution in [1.29, 1.82) is 0 Å². The van der Waals surface area contributed by atoms with Crippen LogP contribution in [0.5, 0.6) is 0 Å².